The number of ether oxygens (including phenoxy) is 1. The van der Waals surface area contributed by atoms with Crippen molar-refractivity contribution in [2.45, 2.75) is 24.3 Å². The lowest BCUT2D eigenvalue weighted by molar-refractivity contribution is -0.0706. The zero-order chi connectivity index (χ0) is 8.82. The maximum absolute atomic E-state index is 9.70. The summed E-state index contributed by atoms with van der Waals surface area (Å²) in [7, 11) is 5.96. The number of hydrogen-bond donors (Lipinski definition) is 2. The molecule has 1 aliphatic carbocycles. The highest BCUT2D eigenvalue weighted by molar-refractivity contribution is 6.15. The second-order valence-corrected chi connectivity index (χ2v) is 4.27. The van der Waals surface area contributed by atoms with Gasteiger partial charge in [-0.05, 0) is 18.2 Å². The van der Waals surface area contributed by atoms with Crippen LogP contribution in [-0.2, 0) is 4.74 Å². The highest BCUT2D eigenvalue weighted by atomic mass is 16.5. The average molecular weight is 168 g/mol. The normalized spacial score (nSPS) is 52.7. The summed E-state index contributed by atoms with van der Waals surface area (Å²) in [5.41, 5.74) is -0.479. The van der Waals surface area contributed by atoms with Gasteiger partial charge in [-0.25, -0.2) is 0 Å². The molecule has 1 unspecified atom stereocenters. The van der Waals surface area contributed by atoms with Crippen LogP contribution in [0.4, 0.5) is 0 Å². The highest BCUT2D eigenvalue weighted by Crippen LogP contribution is 2.55. The van der Waals surface area contributed by atoms with E-state index in [0.717, 1.165) is 0 Å². The quantitative estimate of drug-likeness (QED) is 0.518. The minimum Gasteiger partial charge on any atom is -0.396 e. The predicted octanol–water partition coefficient (Wildman–Crippen LogP) is -0.523. The van der Waals surface area contributed by atoms with E-state index in [1.807, 2.05) is 0 Å². The maximum atomic E-state index is 9.70. The van der Waals surface area contributed by atoms with E-state index in [1.165, 1.54) is 0 Å². The van der Waals surface area contributed by atoms with E-state index in [9.17, 15) is 5.11 Å². The molecule has 4 heteroatoms. The van der Waals surface area contributed by atoms with Crippen LogP contribution in [0.1, 0.15) is 12.8 Å². The van der Waals surface area contributed by atoms with Crippen molar-refractivity contribution in [2.75, 3.05) is 19.8 Å². The molecule has 66 valence electrons. The molecule has 12 heavy (non-hydrogen) atoms. The zero-order valence-corrected chi connectivity index (χ0v) is 6.99. The van der Waals surface area contributed by atoms with E-state index in [0.29, 0.717) is 26.1 Å². The molecule has 3 atom stereocenters. The molecule has 1 saturated carbocycles. The molecule has 2 rings (SSSR count). The molecular weight excluding hydrogens is 155 g/mol. The van der Waals surface area contributed by atoms with Gasteiger partial charge in [-0.1, -0.05) is 0 Å². The summed E-state index contributed by atoms with van der Waals surface area (Å²) < 4.78 is 5.28. The van der Waals surface area contributed by atoms with Crippen molar-refractivity contribution in [1.29, 1.82) is 0 Å². The summed E-state index contributed by atoms with van der Waals surface area (Å²) in [6.45, 7) is 0.905. The number of hydrogen-bond acceptors (Lipinski definition) is 3. The van der Waals surface area contributed by atoms with Gasteiger partial charge in [0.05, 0.1) is 27.2 Å². The van der Waals surface area contributed by atoms with Crippen LogP contribution in [0.2, 0.25) is 5.31 Å². The van der Waals surface area contributed by atoms with Crippen molar-refractivity contribution in [3.63, 3.8) is 0 Å². The number of rotatable bonds is 1. The topological polar surface area (TPSA) is 49.7 Å². The third-order valence-corrected chi connectivity index (χ3v) is 3.10. The Kier molecular flexibility index (Phi) is 1.76. The van der Waals surface area contributed by atoms with Crippen molar-refractivity contribution in [1.82, 2.24) is 0 Å². The number of aliphatic hydroxyl groups excluding tert-OH is 2. The van der Waals surface area contributed by atoms with Crippen LogP contribution >= 0.6 is 0 Å². The molecule has 2 fully saturated rings. The molecule has 1 heterocycles. The standard InChI is InChI=1S/C8H13BO3/c9-8-1-6(11)7(2-8,3-10)4-12-5-8/h6,10-11H,1-5H2/t6?,7-,8+/m1/s1. The van der Waals surface area contributed by atoms with Crippen LogP contribution in [0.3, 0.4) is 0 Å². The summed E-state index contributed by atoms with van der Waals surface area (Å²) in [6, 6.07) is 0. The fourth-order valence-corrected chi connectivity index (χ4v) is 2.41. The molecule has 1 saturated heterocycles. The van der Waals surface area contributed by atoms with Gasteiger partial charge in [0.1, 0.15) is 0 Å². The van der Waals surface area contributed by atoms with Crippen molar-refractivity contribution in [3.8, 4) is 0 Å². The minimum atomic E-state index is -0.505. The first-order chi connectivity index (χ1) is 5.60. The molecule has 2 bridgehead atoms. The zero-order valence-electron chi connectivity index (χ0n) is 6.99. The minimum absolute atomic E-state index is 0.0346. The van der Waals surface area contributed by atoms with Crippen LogP contribution in [0.15, 0.2) is 0 Å². The van der Waals surface area contributed by atoms with E-state index < -0.39 is 16.8 Å². The summed E-state index contributed by atoms with van der Waals surface area (Å²) in [5.74, 6) is 0. The van der Waals surface area contributed by atoms with Gasteiger partial charge in [-0.3, -0.25) is 0 Å². The lowest BCUT2D eigenvalue weighted by atomic mass is 9.65. The van der Waals surface area contributed by atoms with Crippen LogP contribution in [-0.4, -0.2) is 44.0 Å². The molecule has 0 aromatic rings. The Morgan fingerprint density at radius 1 is 1.50 bits per heavy atom. The SMILES string of the molecule is [B][C@]12COC[C@](CO)(C1)C(O)C2. The van der Waals surface area contributed by atoms with Crippen molar-refractivity contribution >= 4 is 7.85 Å². The Bertz CT molecular complexity index is 199. The fourth-order valence-electron chi connectivity index (χ4n) is 2.41. The van der Waals surface area contributed by atoms with E-state index in [2.05, 4.69) is 0 Å². The van der Waals surface area contributed by atoms with Gasteiger partial charge in [0.15, 0.2) is 0 Å². The Labute approximate surface area is 73.1 Å². The fraction of sp³-hybridized carbons (Fsp3) is 1.00. The van der Waals surface area contributed by atoms with E-state index in [4.69, 9.17) is 17.7 Å². The smallest absolute Gasteiger partial charge is 0.0779 e. The molecule has 0 aromatic heterocycles. The summed E-state index contributed by atoms with van der Waals surface area (Å²) in [4.78, 5) is 0. The number of aliphatic hydroxyl groups is 2. The van der Waals surface area contributed by atoms with Gasteiger partial charge < -0.3 is 14.9 Å². The average Bonchev–Trinajstić information content (AvgIpc) is 2.19. The van der Waals surface area contributed by atoms with Gasteiger partial charge in [0.2, 0.25) is 0 Å². The predicted molar refractivity (Wildman–Crippen MR) is 44.0 cm³/mol. The van der Waals surface area contributed by atoms with Gasteiger partial charge >= 0.3 is 0 Å². The molecular formula is C8H13BO3. The molecule has 1 aliphatic heterocycles. The number of fused-ring (bicyclic) bond motifs is 2. The third-order valence-electron chi connectivity index (χ3n) is 3.10. The molecule has 2 aliphatic rings. The lowest BCUT2D eigenvalue weighted by Crippen LogP contribution is -2.41. The molecule has 0 aromatic carbocycles. The molecule has 3 nitrogen and oxygen atoms in total. The lowest BCUT2D eigenvalue weighted by Gasteiger charge is -2.36. The Morgan fingerprint density at radius 3 is 2.83 bits per heavy atom. The maximum Gasteiger partial charge on any atom is 0.0779 e. The van der Waals surface area contributed by atoms with Gasteiger partial charge in [0.25, 0.3) is 0 Å². The Balaban J connectivity index is 2.25. The van der Waals surface area contributed by atoms with Gasteiger partial charge in [0, 0.05) is 12.0 Å². The first kappa shape index (κ1) is 8.54. The second kappa shape index (κ2) is 2.47. The van der Waals surface area contributed by atoms with E-state index in [1.54, 1.807) is 0 Å². The van der Waals surface area contributed by atoms with Crippen molar-refractivity contribution in [2.24, 2.45) is 5.41 Å². The third kappa shape index (κ3) is 1.02. The summed E-state index contributed by atoms with van der Waals surface area (Å²) >= 11 is 0. The van der Waals surface area contributed by atoms with Gasteiger partial charge in [-0.2, -0.15) is 0 Å². The summed E-state index contributed by atoms with van der Waals surface area (Å²) in [6.07, 6.45) is 0.723. The largest absolute Gasteiger partial charge is 0.396 e. The molecule has 2 N–H and O–H groups in total. The van der Waals surface area contributed by atoms with Crippen molar-refractivity contribution in [3.05, 3.63) is 0 Å². The van der Waals surface area contributed by atoms with Crippen LogP contribution in [0.25, 0.3) is 0 Å². The van der Waals surface area contributed by atoms with Crippen LogP contribution in [0, 0.1) is 5.41 Å². The summed E-state index contributed by atoms with van der Waals surface area (Å²) in [5, 5.41) is 18.5. The van der Waals surface area contributed by atoms with Crippen LogP contribution < -0.4 is 0 Å². The Hall–Kier alpha value is -0.0551. The Morgan fingerprint density at radius 2 is 2.25 bits per heavy atom. The monoisotopic (exact) mass is 168 g/mol. The molecule has 2 radical (unpaired) electrons. The van der Waals surface area contributed by atoms with E-state index in [-0.39, 0.29) is 6.61 Å². The molecule has 0 spiro atoms. The second-order valence-electron chi connectivity index (χ2n) is 4.27. The molecule has 0 amide bonds. The highest BCUT2D eigenvalue weighted by Gasteiger charge is 2.54. The van der Waals surface area contributed by atoms with E-state index >= 15 is 0 Å². The van der Waals surface area contributed by atoms with Crippen LogP contribution in [0.5, 0.6) is 0 Å². The van der Waals surface area contributed by atoms with Crippen molar-refractivity contribution < 1.29 is 14.9 Å². The van der Waals surface area contributed by atoms with Gasteiger partial charge in [-0.15, -0.1) is 0 Å². The first-order valence-corrected chi connectivity index (χ1v) is 4.26. The first-order valence-electron chi connectivity index (χ1n) is 4.26.